The zero-order valence-electron chi connectivity index (χ0n) is 10.7. The Balaban J connectivity index is 2.23. The maximum absolute atomic E-state index is 5.43. The molecule has 94 valence electrons. The predicted molar refractivity (Wildman–Crippen MR) is 69.2 cm³/mol. The van der Waals surface area contributed by atoms with Gasteiger partial charge in [-0.05, 0) is 25.1 Å². The summed E-state index contributed by atoms with van der Waals surface area (Å²) in [5.41, 5.74) is 1.11. The summed E-state index contributed by atoms with van der Waals surface area (Å²) in [7, 11) is 5.47. The molecule has 0 bridgehead atoms. The van der Waals surface area contributed by atoms with Gasteiger partial charge in [-0.25, -0.2) is 0 Å². The largest absolute Gasteiger partial charge is 0.497 e. The van der Waals surface area contributed by atoms with E-state index < -0.39 is 0 Å². The Morgan fingerprint density at radius 1 is 1.29 bits per heavy atom. The van der Waals surface area contributed by atoms with Crippen LogP contribution < -0.4 is 19.7 Å². The molecule has 1 aliphatic heterocycles. The summed E-state index contributed by atoms with van der Waals surface area (Å²) in [6, 6.07) is 6.48. The Kier molecular flexibility index (Phi) is 3.74. The van der Waals surface area contributed by atoms with E-state index in [2.05, 4.69) is 23.3 Å². The second-order valence-electron chi connectivity index (χ2n) is 4.30. The quantitative estimate of drug-likeness (QED) is 0.859. The molecule has 2 rings (SSSR count). The normalized spacial score (nSPS) is 19.1. The van der Waals surface area contributed by atoms with E-state index in [1.54, 1.807) is 14.2 Å². The van der Waals surface area contributed by atoms with Crippen LogP contribution in [0.2, 0.25) is 0 Å². The summed E-state index contributed by atoms with van der Waals surface area (Å²) in [6.45, 7) is 2.12. The molecule has 1 heterocycles. The molecule has 0 aliphatic carbocycles. The number of likely N-dealkylation sites (N-methyl/N-ethyl adjacent to an activating group) is 1. The lowest BCUT2D eigenvalue weighted by atomic mass is 10.2. The number of hydrogen-bond donors (Lipinski definition) is 1. The van der Waals surface area contributed by atoms with Crippen molar-refractivity contribution in [1.29, 1.82) is 0 Å². The van der Waals surface area contributed by atoms with Crippen molar-refractivity contribution in [2.24, 2.45) is 0 Å². The minimum absolute atomic E-state index is 0.539. The molecule has 0 saturated carbocycles. The monoisotopic (exact) mass is 236 g/mol. The van der Waals surface area contributed by atoms with Gasteiger partial charge >= 0.3 is 0 Å². The highest BCUT2D eigenvalue weighted by molar-refractivity contribution is 5.61. The highest BCUT2D eigenvalue weighted by Crippen LogP contribution is 2.33. The van der Waals surface area contributed by atoms with Crippen LogP contribution in [-0.2, 0) is 0 Å². The Morgan fingerprint density at radius 3 is 2.71 bits per heavy atom. The van der Waals surface area contributed by atoms with Gasteiger partial charge in [0.25, 0.3) is 0 Å². The lowest BCUT2D eigenvalue weighted by Gasteiger charge is -2.27. The van der Waals surface area contributed by atoms with E-state index in [9.17, 15) is 0 Å². The zero-order valence-corrected chi connectivity index (χ0v) is 10.7. The highest BCUT2D eigenvalue weighted by Gasteiger charge is 2.21. The van der Waals surface area contributed by atoms with Crippen molar-refractivity contribution in [3.63, 3.8) is 0 Å². The van der Waals surface area contributed by atoms with Crippen molar-refractivity contribution in [2.45, 2.75) is 12.5 Å². The van der Waals surface area contributed by atoms with Crippen molar-refractivity contribution < 1.29 is 9.47 Å². The van der Waals surface area contributed by atoms with Gasteiger partial charge in [-0.1, -0.05) is 0 Å². The molecule has 1 aromatic carbocycles. The second kappa shape index (κ2) is 5.27. The standard InChI is InChI=1S/C13H20N2O2/c1-15(10-6-7-14-9-10)12-5-4-11(16-2)8-13(12)17-3/h4-5,8,10,14H,6-7,9H2,1-3H3. The average molecular weight is 236 g/mol. The Morgan fingerprint density at radius 2 is 2.12 bits per heavy atom. The van der Waals surface area contributed by atoms with Crippen LogP contribution in [0.1, 0.15) is 6.42 Å². The summed E-state index contributed by atoms with van der Waals surface area (Å²) in [4.78, 5) is 2.28. The summed E-state index contributed by atoms with van der Waals surface area (Å²) in [6.07, 6.45) is 1.17. The Labute approximate surface area is 103 Å². The summed E-state index contributed by atoms with van der Waals surface area (Å²) in [5.74, 6) is 1.68. The van der Waals surface area contributed by atoms with Crippen LogP contribution in [0.3, 0.4) is 0 Å². The molecule has 17 heavy (non-hydrogen) atoms. The molecule has 1 aliphatic rings. The van der Waals surface area contributed by atoms with Crippen LogP contribution in [0, 0.1) is 0 Å². The van der Waals surface area contributed by atoms with Gasteiger partial charge < -0.3 is 19.7 Å². The fraction of sp³-hybridized carbons (Fsp3) is 0.538. The number of hydrogen-bond acceptors (Lipinski definition) is 4. The third kappa shape index (κ3) is 2.47. The molecule has 1 N–H and O–H groups in total. The van der Waals surface area contributed by atoms with Gasteiger partial charge in [-0.2, -0.15) is 0 Å². The molecule has 1 saturated heterocycles. The van der Waals surface area contributed by atoms with Crippen LogP contribution >= 0.6 is 0 Å². The lowest BCUT2D eigenvalue weighted by molar-refractivity contribution is 0.394. The van der Waals surface area contributed by atoms with Gasteiger partial charge in [0.2, 0.25) is 0 Å². The van der Waals surface area contributed by atoms with Crippen molar-refractivity contribution >= 4 is 5.69 Å². The van der Waals surface area contributed by atoms with Crippen LogP contribution in [0.5, 0.6) is 11.5 Å². The van der Waals surface area contributed by atoms with E-state index >= 15 is 0 Å². The Bertz CT molecular complexity index is 376. The Hall–Kier alpha value is -1.42. The first-order valence-corrected chi connectivity index (χ1v) is 5.92. The molecule has 1 aromatic rings. The minimum atomic E-state index is 0.539. The van der Waals surface area contributed by atoms with Gasteiger partial charge in [0, 0.05) is 25.7 Å². The number of nitrogens with zero attached hydrogens (tertiary/aromatic N) is 1. The third-order valence-electron chi connectivity index (χ3n) is 3.35. The molecule has 1 atom stereocenters. The van der Waals surface area contributed by atoms with Crippen LogP contribution in [0.15, 0.2) is 18.2 Å². The molecule has 1 fully saturated rings. The zero-order chi connectivity index (χ0) is 12.3. The smallest absolute Gasteiger partial charge is 0.145 e. The van der Waals surface area contributed by atoms with E-state index in [1.165, 1.54) is 6.42 Å². The minimum Gasteiger partial charge on any atom is -0.497 e. The van der Waals surface area contributed by atoms with E-state index in [-0.39, 0.29) is 0 Å². The SMILES string of the molecule is COc1ccc(N(C)C2CCNC2)c(OC)c1. The average Bonchev–Trinajstić information content (AvgIpc) is 2.91. The first-order valence-electron chi connectivity index (χ1n) is 5.92. The molecule has 4 nitrogen and oxygen atoms in total. The topological polar surface area (TPSA) is 33.7 Å². The van der Waals surface area contributed by atoms with E-state index in [0.717, 1.165) is 30.3 Å². The van der Waals surface area contributed by atoms with Crippen molar-refractivity contribution in [3.05, 3.63) is 18.2 Å². The molecule has 0 radical (unpaired) electrons. The lowest BCUT2D eigenvalue weighted by Crippen LogP contribution is -2.33. The molecular weight excluding hydrogens is 216 g/mol. The first-order chi connectivity index (χ1) is 8.26. The van der Waals surface area contributed by atoms with Gasteiger partial charge in [0.1, 0.15) is 11.5 Å². The molecule has 0 spiro atoms. The molecular formula is C13H20N2O2. The number of methoxy groups -OCH3 is 2. The second-order valence-corrected chi connectivity index (χ2v) is 4.30. The molecule has 1 unspecified atom stereocenters. The van der Waals surface area contributed by atoms with Gasteiger partial charge in [0.05, 0.1) is 19.9 Å². The number of rotatable bonds is 4. The summed E-state index contributed by atoms with van der Waals surface area (Å²) < 4.78 is 10.6. The number of nitrogens with one attached hydrogen (secondary N) is 1. The first kappa shape index (κ1) is 12.0. The van der Waals surface area contributed by atoms with Crippen LogP contribution in [0.25, 0.3) is 0 Å². The van der Waals surface area contributed by atoms with Crippen LogP contribution in [0.4, 0.5) is 5.69 Å². The van der Waals surface area contributed by atoms with Crippen LogP contribution in [-0.4, -0.2) is 40.4 Å². The fourth-order valence-corrected chi connectivity index (χ4v) is 2.24. The van der Waals surface area contributed by atoms with Crippen molar-refractivity contribution in [1.82, 2.24) is 5.32 Å². The van der Waals surface area contributed by atoms with Crippen molar-refractivity contribution in [2.75, 3.05) is 39.3 Å². The third-order valence-corrected chi connectivity index (χ3v) is 3.35. The van der Waals surface area contributed by atoms with Crippen molar-refractivity contribution in [3.8, 4) is 11.5 Å². The van der Waals surface area contributed by atoms with E-state index in [4.69, 9.17) is 9.47 Å². The molecule has 4 heteroatoms. The maximum Gasteiger partial charge on any atom is 0.145 e. The predicted octanol–water partition coefficient (Wildman–Crippen LogP) is 1.50. The van der Waals surface area contributed by atoms with E-state index in [0.29, 0.717) is 6.04 Å². The van der Waals surface area contributed by atoms with Gasteiger partial charge in [0.15, 0.2) is 0 Å². The van der Waals surface area contributed by atoms with Gasteiger partial charge in [-0.3, -0.25) is 0 Å². The number of anilines is 1. The fourth-order valence-electron chi connectivity index (χ4n) is 2.24. The molecule has 0 amide bonds. The van der Waals surface area contributed by atoms with E-state index in [1.807, 2.05) is 12.1 Å². The summed E-state index contributed by atoms with van der Waals surface area (Å²) in [5, 5.41) is 3.38. The number of benzene rings is 1. The van der Waals surface area contributed by atoms with Gasteiger partial charge in [-0.15, -0.1) is 0 Å². The molecule has 0 aromatic heterocycles. The number of ether oxygens (including phenoxy) is 2. The maximum atomic E-state index is 5.43. The summed E-state index contributed by atoms with van der Waals surface area (Å²) >= 11 is 0. The highest BCUT2D eigenvalue weighted by atomic mass is 16.5.